The summed E-state index contributed by atoms with van der Waals surface area (Å²) in [4.78, 5) is 10.9. The smallest absolute Gasteiger partial charge is 0.278 e. The van der Waals surface area contributed by atoms with Crippen LogP contribution in [0.15, 0.2) is 18.2 Å². The molecule has 1 aromatic carbocycles. The molecule has 0 N–H and O–H groups in total. The van der Waals surface area contributed by atoms with Crippen molar-refractivity contribution in [2.24, 2.45) is 0 Å². The van der Waals surface area contributed by atoms with Crippen molar-refractivity contribution in [1.82, 2.24) is 0 Å². The van der Waals surface area contributed by atoms with Crippen LogP contribution in [0.2, 0.25) is 0 Å². The van der Waals surface area contributed by atoms with E-state index in [1.807, 2.05) is 0 Å². The van der Waals surface area contributed by atoms with Gasteiger partial charge in [0.05, 0.1) is 5.69 Å². The number of halogens is 2. The summed E-state index contributed by atoms with van der Waals surface area (Å²) in [5.41, 5.74) is -0.0995. The number of anilines is 1. The summed E-state index contributed by atoms with van der Waals surface area (Å²) in [6, 6.07) is 2.46. The second-order valence-corrected chi connectivity index (χ2v) is 2.45. The molecule has 3 nitrogen and oxygen atoms in total. The molecule has 0 aliphatic rings. The lowest BCUT2D eigenvalue weighted by Crippen LogP contribution is -2.22. The molecule has 0 aliphatic heterocycles. The van der Waals surface area contributed by atoms with Crippen molar-refractivity contribution in [2.75, 3.05) is 11.9 Å². The molecule has 0 aromatic heterocycles. The second kappa shape index (κ2) is 3.38. The van der Waals surface area contributed by atoms with Crippen molar-refractivity contribution in [3.63, 3.8) is 0 Å². The first-order chi connectivity index (χ1) is 6.00. The second-order valence-electron chi connectivity index (χ2n) is 2.45. The first kappa shape index (κ1) is 9.44. The summed E-state index contributed by atoms with van der Waals surface area (Å²) in [6.45, 7) is 0. The summed E-state index contributed by atoms with van der Waals surface area (Å²) in [7, 11) is 1.14. The predicted octanol–water partition coefficient (Wildman–Crippen LogP) is 1.95. The number of carbonyl (C=O) groups is 1. The van der Waals surface area contributed by atoms with E-state index in [1.165, 1.54) is 0 Å². The van der Waals surface area contributed by atoms with Gasteiger partial charge in [0.2, 0.25) is 0 Å². The quantitative estimate of drug-likeness (QED) is 0.660. The fourth-order valence-electron chi connectivity index (χ4n) is 0.838. The molecule has 1 radical (unpaired) electrons. The fourth-order valence-corrected chi connectivity index (χ4v) is 0.838. The monoisotopic (exact) mass is 186 g/mol. The molecular weight excluding hydrogens is 180 g/mol. The third-order valence-electron chi connectivity index (χ3n) is 1.51. The van der Waals surface area contributed by atoms with Crippen molar-refractivity contribution in [3.8, 4) is 0 Å². The minimum atomic E-state index is -1.52. The molecule has 0 saturated heterocycles. The summed E-state index contributed by atoms with van der Waals surface area (Å²) in [6.07, 6.45) is -1.52. The highest BCUT2D eigenvalue weighted by atomic mass is 19.1. The molecule has 0 heterocycles. The highest BCUT2D eigenvalue weighted by molar-refractivity contribution is 5.84. The molecule has 0 aliphatic carbocycles. The lowest BCUT2D eigenvalue weighted by Gasteiger charge is -2.11. The Morgan fingerprint density at radius 2 is 1.69 bits per heavy atom. The van der Waals surface area contributed by atoms with Crippen LogP contribution in [-0.2, 0) is 5.11 Å². The Balaban J connectivity index is 3.07. The lowest BCUT2D eigenvalue weighted by atomic mass is 10.3. The van der Waals surface area contributed by atoms with Crippen molar-refractivity contribution in [1.29, 1.82) is 0 Å². The number of hydrogen-bond donors (Lipinski definition) is 0. The van der Waals surface area contributed by atoms with Crippen LogP contribution in [0.4, 0.5) is 19.3 Å². The van der Waals surface area contributed by atoms with Crippen LogP contribution in [0.3, 0.4) is 0 Å². The van der Waals surface area contributed by atoms with Gasteiger partial charge >= 0.3 is 6.09 Å². The molecule has 1 rings (SSSR count). The van der Waals surface area contributed by atoms with Gasteiger partial charge in [0.15, 0.2) is 0 Å². The van der Waals surface area contributed by atoms with Crippen molar-refractivity contribution >= 4 is 11.8 Å². The number of hydrogen-bond acceptors (Lipinski definition) is 1. The minimum absolute atomic E-state index is 0.0995. The van der Waals surface area contributed by atoms with Gasteiger partial charge in [0.1, 0.15) is 11.6 Å². The summed E-state index contributed by atoms with van der Waals surface area (Å²) >= 11 is 0. The summed E-state index contributed by atoms with van der Waals surface area (Å²) < 4.78 is 25.1. The third kappa shape index (κ3) is 2.14. The van der Waals surface area contributed by atoms with Gasteiger partial charge in [-0.25, -0.2) is 18.7 Å². The molecule has 1 aromatic rings. The molecule has 0 bridgehead atoms. The maximum atomic E-state index is 12.6. The molecule has 1 amide bonds. The van der Waals surface area contributed by atoms with Gasteiger partial charge in [0.25, 0.3) is 0 Å². The minimum Gasteiger partial charge on any atom is -0.278 e. The Morgan fingerprint density at radius 1 is 1.23 bits per heavy atom. The Bertz CT molecular complexity index is 321. The molecule has 69 valence electrons. The zero-order chi connectivity index (χ0) is 10.0. The molecule has 0 saturated carbocycles. The van der Waals surface area contributed by atoms with E-state index in [9.17, 15) is 18.7 Å². The van der Waals surface area contributed by atoms with E-state index in [-0.39, 0.29) is 5.69 Å². The van der Waals surface area contributed by atoms with E-state index < -0.39 is 17.7 Å². The predicted molar refractivity (Wildman–Crippen MR) is 40.8 cm³/mol. The number of rotatable bonds is 1. The number of carbonyl (C=O) groups excluding carboxylic acids is 1. The maximum Gasteiger partial charge on any atom is 0.457 e. The first-order valence-corrected chi connectivity index (χ1v) is 3.41. The average Bonchev–Trinajstić information content (AvgIpc) is 2.01. The molecule has 0 fully saturated rings. The normalized spacial score (nSPS) is 9.77. The van der Waals surface area contributed by atoms with Gasteiger partial charge in [0, 0.05) is 13.1 Å². The molecule has 0 unspecified atom stereocenters. The Hall–Kier alpha value is -1.65. The van der Waals surface area contributed by atoms with E-state index >= 15 is 0 Å². The van der Waals surface area contributed by atoms with Gasteiger partial charge in [-0.1, -0.05) is 0 Å². The average molecular weight is 186 g/mol. The molecule has 0 spiro atoms. The van der Waals surface area contributed by atoms with E-state index in [2.05, 4.69) is 0 Å². The van der Waals surface area contributed by atoms with Crippen molar-refractivity contribution < 1.29 is 18.7 Å². The van der Waals surface area contributed by atoms with E-state index in [0.717, 1.165) is 19.2 Å². The Kier molecular flexibility index (Phi) is 2.46. The van der Waals surface area contributed by atoms with E-state index in [1.54, 1.807) is 0 Å². The molecule has 5 heteroatoms. The van der Waals surface area contributed by atoms with Crippen LogP contribution < -0.4 is 4.90 Å². The lowest BCUT2D eigenvalue weighted by molar-refractivity contribution is 0.178. The SMILES string of the molecule is CN(C([O])=O)c1cc(F)cc(F)c1. The summed E-state index contributed by atoms with van der Waals surface area (Å²) in [5.74, 6) is -1.66. The van der Waals surface area contributed by atoms with Crippen LogP contribution >= 0.6 is 0 Å². The number of benzene rings is 1. The van der Waals surface area contributed by atoms with Crippen LogP contribution in [0, 0.1) is 11.6 Å². The Labute approximate surface area is 73.2 Å². The van der Waals surface area contributed by atoms with Gasteiger partial charge in [-0.3, -0.25) is 4.90 Å². The maximum absolute atomic E-state index is 12.6. The largest absolute Gasteiger partial charge is 0.457 e. The first-order valence-electron chi connectivity index (χ1n) is 3.41. The Morgan fingerprint density at radius 3 is 2.08 bits per heavy atom. The molecular formula is C8H6F2NO2. The van der Waals surface area contributed by atoms with E-state index in [0.29, 0.717) is 11.0 Å². The highest BCUT2D eigenvalue weighted by Gasteiger charge is 2.12. The van der Waals surface area contributed by atoms with E-state index in [4.69, 9.17) is 0 Å². The summed E-state index contributed by atoms with van der Waals surface area (Å²) in [5, 5.41) is 10.3. The topological polar surface area (TPSA) is 40.2 Å². The van der Waals surface area contributed by atoms with Gasteiger partial charge in [-0.05, 0) is 12.1 Å². The van der Waals surface area contributed by atoms with Gasteiger partial charge in [-0.15, -0.1) is 0 Å². The standard InChI is InChI=1S/C8H6F2NO2/c1-11(8(12)13)7-3-5(9)2-6(10)4-7/h2-4H,1H3. The number of amides is 1. The molecule has 0 atom stereocenters. The van der Waals surface area contributed by atoms with Crippen LogP contribution in [0.25, 0.3) is 0 Å². The van der Waals surface area contributed by atoms with Crippen LogP contribution in [-0.4, -0.2) is 13.1 Å². The molecule has 13 heavy (non-hydrogen) atoms. The van der Waals surface area contributed by atoms with Crippen molar-refractivity contribution in [2.45, 2.75) is 0 Å². The third-order valence-corrected chi connectivity index (χ3v) is 1.51. The zero-order valence-electron chi connectivity index (χ0n) is 6.75. The van der Waals surface area contributed by atoms with Crippen molar-refractivity contribution in [3.05, 3.63) is 29.8 Å². The van der Waals surface area contributed by atoms with Crippen LogP contribution in [0.5, 0.6) is 0 Å². The fraction of sp³-hybridized carbons (Fsp3) is 0.125. The number of nitrogens with zero attached hydrogens (tertiary/aromatic N) is 1. The highest BCUT2D eigenvalue weighted by Crippen LogP contribution is 2.16. The van der Waals surface area contributed by atoms with Gasteiger partial charge < -0.3 is 0 Å². The zero-order valence-corrected chi connectivity index (χ0v) is 6.75. The van der Waals surface area contributed by atoms with Crippen LogP contribution in [0.1, 0.15) is 0 Å². The van der Waals surface area contributed by atoms with Gasteiger partial charge in [-0.2, -0.15) is 0 Å².